The highest BCUT2D eigenvalue weighted by atomic mass is 35.5. The summed E-state index contributed by atoms with van der Waals surface area (Å²) in [6.45, 7) is 3.10. The number of hydrogen-bond donors (Lipinski definition) is 0. The van der Waals surface area contributed by atoms with Gasteiger partial charge in [0.05, 0.1) is 18.7 Å². The third-order valence-electron chi connectivity index (χ3n) is 7.33. The quantitative estimate of drug-likeness (QED) is 0.459. The molecule has 0 radical (unpaired) electrons. The van der Waals surface area contributed by atoms with Crippen LogP contribution in [0.1, 0.15) is 53.4 Å². The molecule has 1 aliphatic heterocycles. The highest BCUT2D eigenvalue weighted by Gasteiger charge is 2.27. The van der Waals surface area contributed by atoms with E-state index in [-0.39, 0.29) is 0 Å². The van der Waals surface area contributed by atoms with Crippen LogP contribution in [0, 0.1) is 0 Å². The first-order chi connectivity index (χ1) is 16.0. The van der Waals surface area contributed by atoms with E-state index in [1.165, 1.54) is 47.1 Å². The van der Waals surface area contributed by atoms with Crippen molar-refractivity contribution in [3.63, 3.8) is 0 Å². The van der Waals surface area contributed by atoms with Crippen molar-refractivity contribution in [2.45, 2.75) is 57.0 Å². The second kappa shape index (κ2) is 9.87. The molecule has 176 valence electrons. The lowest BCUT2D eigenvalue weighted by Crippen LogP contribution is -2.41. The van der Waals surface area contributed by atoms with Crippen LogP contribution in [0.25, 0.3) is 10.2 Å². The minimum atomic E-state index is 0.519. The van der Waals surface area contributed by atoms with Gasteiger partial charge in [-0.1, -0.05) is 17.7 Å². The number of nitrogens with zero attached hydrogens (tertiary/aromatic N) is 4. The molecule has 3 aromatic rings. The van der Waals surface area contributed by atoms with Crippen molar-refractivity contribution in [1.82, 2.24) is 19.8 Å². The van der Waals surface area contributed by atoms with Gasteiger partial charge in [-0.3, -0.25) is 4.90 Å². The smallest absolute Gasteiger partial charge is 0.143 e. The lowest BCUT2D eigenvalue weighted by molar-refractivity contribution is 0.138. The van der Waals surface area contributed by atoms with Gasteiger partial charge in [0.15, 0.2) is 0 Å². The maximum absolute atomic E-state index is 6.39. The van der Waals surface area contributed by atoms with Gasteiger partial charge in [-0.25, -0.2) is 9.97 Å². The van der Waals surface area contributed by atoms with Crippen molar-refractivity contribution in [2.75, 3.05) is 34.3 Å². The maximum Gasteiger partial charge on any atom is 0.143 e. The summed E-state index contributed by atoms with van der Waals surface area (Å²) in [6, 6.07) is 6.88. The third kappa shape index (κ3) is 4.90. The molecule has 5 rings (SSSR count). The topological polar surface area (TPSA) is 41.5 Å². The van der Waals surface area contributed by atoms with Crippen LogP contribution >= 0.6 is 22.9 Å². The molecule has 1 atom stereocenters. The Kier molecular flexibility index (Phi) is 6.89. The number of benzene rings is 1. The Hall–Kier alpha value is -1.73. The van der Waals surface area contributed by atoms with Gasteiger partial charge >= 0.3 is 0 Å². The summed E-state index contributed by atoms with van der Waals surface area (Å²) in [6.07, 6.45) is 9.10. The fourth-order valence-electron chi connectivity index (χ4n) is 5.41. The Bertz CT molecular complexity index is 1120. The molecule has 0 bridgehead atoms. The molecule has 1 aliphatic carbocycles. The van der Waals surface area contributed by atoms with Gasteiger partial charge < -0.3 is 9.64 Å². The number of halogens is 1. The zero-order valence-electron chi connectivity index (χ0n) is 19.8. The number of likely N-dealkylation sites (tertiary alicyclic amines) is 1. The Morgan fingerprint density at radius 2 is 2.03 bits per heavy atom. The maximum atomic E-state index is 6.39. The van der Waals surface area contributed by atoms with Gasteiger partial charge in [-0.15, -0.1) is 11.3 Å². The van der Waals surface area contributed by atoms with E-state index in [0.29, 0.717) is 17.0 Å². The number of methoxy groups -OCH3 is 1. The number of rotatable bonds is 6. The summed E-state index contributed by atoms with van der Waals surface area (Å²) < 4.78 is 5.32. The molecule has 7 heteroatoms. The molecule has 2 aromatic heterocycles. The molecule has 0 N–H and O–H groups in total. The van der Waals surface area contributed by atoms with Crippen molar-refractivity contribution in [1.29, 1.82) is 0 Å². The zero-order valence-corrected chi connectivity index (χ0v) is 21.4. The molecule has 1 fully saturated rings. The Balaban J connectivity index is 1.33. The number of aryl methyl sites for hydroxylation is 1. The molecule has 0 spiro atoms. The van der Waals surface area contributed by atoms with Gasteiger partial charge in [0.2, 0.25) is 0 Å². The number of fused-ring (bicyclic) bond motifs is 3. The van der Waals surface area contributed by atoms with Crippen LogP contribution in [0.2, 0.25) is 5.02 Å². The average molecular weight is 485 g/mol. The lowest BCUT2D eigenvalue weighted by atomic mass is 9.84. The highest BCUT2D eigenvalue weighted by molar-refractivity contribution is 7.19. The number of thiophene rings is 1. The fourth-order valence-corrected chi connectivity index (χ4v) is 7.04. The summed E-state index contributed by atoms with van der Waals surface area (Å²) in [5, 5.41) is 1.95. The van der Waals surface area contributed by atoms with Crippen LogP contribution in [-0.2, 0) is 19.4 Å². The molecule has 1 saturated heterocycles. The van der Waals surface area contributed by atoms with Crippen LogP contribution in [0.3, 0.4) is 0 Å². The summed E-state index contributed by atoms with van der Waals surface area (Å²) >= 11 is 8.27. The molecular weight excluding hydrogens is 452 g/mol. The monoisotopic (exact) mass is 484 g/mol. The van der Waals surface area contributed by atoms with Crippen LogP contribution < -0.4 is 4.74 Å². The first kappa shape index (κ1) is 23.0. The second-order valence-electron chi connectivity index (χ2n) is 9.68. The van der Waals surface area contributed by atoms with E-state index >= 15 is 0 Å². The van der Waals surface area contributed by atoms with Crippen molar-refractivity contribution in [2.24, 2.45) is 0 Å². The average Bonchev–Trinajstić information content (AvgIpc) is 3.18. The molecular formula is C26H33ClN4OS. The first-order valence-corrected chi connectivity index (χ1v) is 13.2. The third-order valence-corrected chi connectivity index (χ3v) is 8.93. The number of ether oxygens (including phenoxy) is 1. The lowest BCUT2D eigenvalue weighted by Gasteiger charge is -2.34. The summed E-state index contributed by atoms with van der Waals surface area (Å²) in [7, 11) is 6.03. The van der Waals surface area contributed by atoms with E-state index < -0.39 is 0 Å². The van der Waals surface area contributed by atoms with Crippen molar-refractivity contribution < 1.29 is 4.74 Å². The predicted octanol–water partition coefficient (Wildman–Crippen LogP) is 5.54. The van der Waals surface area contributed by atoms with Crippen LogP contribution in [0.5, 0.6) is 5.75 Å². The van der Waals surface area contributed by atoms with Crippen LogP contribution in [0.15, 0.2) is 24.4 Å². The highest BCUT2D eigenvalue weighted by Crippen LogP contribution is 2.43. The van der Waals surface area contributed by atoms with Crippen molar-refractivity contribution >= 4 is 33.2 Å². The van der Waals surface area contributed by atoms with E-state index in [2.05, 4.69) is 42.2 Å². The van der Waals surface area contributed by atoms with E-state index in [1.807, 2.05) is 17.4 Å². The molecule has 33 heavy (non-hydrogen) atoms. The normalized spacial score (nSPS) is 19.8. The molecule has 2 aliphatic rings. The van der Waals surface area contributed by atoms with Crippen molar-refractivity contribution in [3.05, 3.63) is 51.2 Å². The minimum absolute atomic E-state index is 0.519. The minimum Gasteiger partial charge on any atom is -0.495 e. The van der Waals surface area contributed by atoms with Gasteiger partial charge in [-0.05, 0) is 81.8 Å². The number of aromatic nitrogens is 2. The Labute approximate surface area is 205 Å². The second-order valence-corrected chi connectivity index (χ2v) is 11.1. The van der Waals surface area contributed by atoms with Crippen molar-refractivity contribution in [3.8, 4) is 5.75 Å². The Morgan fingerprint density at radius 1 is 1.21 bits per heavy atom. The number of hydrogen-bond acceptors (Lipinski definition) is 6. The summed E-state index contributed by atoms with van der Waals surface area (Å²) in [4.78, 5) is 17.3. The van der Waals surface area contributed by atoms with Gasteiger partial charge in [0.25, 0.3) is 0 Å². The van der Waals surface area contributed by atoms with Gasteiger partial charge in [0.1, 0.15) is 16.4 Å². The summed E-state index contributed by atoms with van der Waals surface area (Å²) in [5.74, 6) is 2.22. The number of piperidine rings is 1. The van der Waals surface area contributed by atoms with E-state index in [0.717, 1.165) is 48.9 Å². The standard InChI is InChI=1S/C26H33ClN4OS/c1-30(2)19-9-11-31(12-10-19)16-24-28-15-21-20-6-4-5-18(25(20)33-26(21)29-24)13-17-7-8-23(32-3)22(27)14-17/h7-8,14-15,18-19H,4-6,9-13,16H2,1-3H3. The molecule has 1 unspecified atom stereocenters. The van der Waals surface area contributed by atoms with E-state index in [4.69, 9.17) is 26.3 Å². The molecule has 0 amide bonds. The predicted molar refractivity (Wildman–Crippen MR) is 137 cm³/mol. The SMILES string of the molecule is COc1ccc(CC2CCCc3c2sc2nc(CN4CCC(N(C)C)CC4)ncc32)cc1Cl. The van der Waals surface area contributed by atoms with Crippen LogP contribution in [0.4, 0.5) is 0 Å². The van der Waals surface area contributed by atoms with Gasteiger partial charge in [-0.2, -0.15) is 0 Å². The Morgan fingerprint density at radius 3 is 2.76 bits per heavy atom. The molecule has 1 aromatic carbocycles. The van der Waals surface area contributed by atoms with Crippen LogP contribution in [-0.4, -0.2) is 60.1 Å². The molecule has 3 heterocycles. The fraction of sp³-hybridized carbons (Fsp3) is 0.538. The van der Waals surface area contributed by atoms with Gasteiger partial charge in [0, 0.05) is 35.6 Å². The zero-order chi connectivity index (χ0) is 22.9. The van der Waals surface area contributed by atoms with E-state index in [1.54, 1.807) is 7.11 Å². The molecule has 0 saturated carbocycles. The van der Waals surface area contributed by atoms with E-state index in [9.17, 15) is 0 Å². The largest absolute Gasteiger partial charge is 0.495 e. The molecule has 5 nitrogen and oxygen atoms in total. The first-order valence-electron chi connectivity index (χ1n) is 12.0. The summed E-state index contributed by atoms with van der Waals surface area (Å²) in [5.41, 5.74) is 2.74.